The fourth-order valence-corrected chi connectivity index (χ4v) is 5.62. The highest BCUT2D eigenvalue weighted by atomic mass is 19.1. The van der Waals surface area contributed by atoms with E-state index in [2.05, 4.69) is 10.3 Å². The number of carboxylic acid groups (broad SMARTS) is 1. The van der Waals surface area contributed by atoms with Crippen LogP contribution in [-0.4, -0.2) is 78.0 Å². The topological polar surface area (TPSA) is 137 Å². The Morgan fingerprint density at radius 3 is 2.28 bits per heavy atom. The van der Waals surface area contributed by atoms with Crippen molar-refractivity contribution in [2.24, 2.45) is 0 Å². The second-order valence-electron chi connectivity index (χ2n) is 11.0. The number of carboxylic acids is 1. The SMILES string of the molecule is CC(=O)NCC1CN(c2ccc(N3CCN(c4nc5c(cc4F)c(=O)c(C(=O)O)cn5-c4ccc(F)cc4F)CC3)c(F)c2)C(=O)O1. The number of rotatable bonds is 7. The van der Waals surface area contributed by atoms with E-state index in [4.69, 9.17) is 4.74 Å². The fraction of sp³-hybridized carbons (Fsp3) is 0.258. The molecule has 244 valence electrons. The van der Waals surface area contributed by atoms with E-state index in [1.807, 2.05) is 0 Å². The van der Waals surface area contributed by atoms with E-state index in [1.54, 1.807) is 15.9 Å². The summed E-state index contributed by atoms with van der Waals surface area (Å²) in [5.41, 5.74) is -1.83. The minimum atomic E-state index is -1.62. The summed E-state index contributed by atoms with van der Waals surface area (Å²) >= 11 is 0. The number of aromatic nitrogens is 2. The number of anilines is 3. The Balaban J connectivity index is 1.24. The summed E-state index contributed by atoms with van der Waals surface area (Å²) in [5, 5.41) is 11.7. The lowest BCUT2D eigenvalue weighted by Gasteiger charge is -2.37. The molecule has 16 heteroatoms. The van der Waals surface area contributed by atoms with Gasteiger partial charge >= 0.3 is 12.1 Å². The maximum Gasteiger partial charge on any atom is 0.414 e. The molecule has 1 atom stereocenters. The normalized spacial score (nSPS) is 16.5. The van der Waals surface area contributed by atoms with E-state index in [0.717, 1.165) is 29.0 Å². The van der Waals surface area contributed by atoms with Crippen LogP contribution in [0.1, 0.15) is 17.3 Å². The first-order valence-electron chi connectivity index (χ1n) is 14.4. The number of hydrogen-bond donors (Lipinski definition) is 2. The molecular weight excluding hydrogens is 628 g/mol. The van der Waals surface area contributed by atoms with Gasteiger partial charge in [-0.1, -0.05) is 0 Å². The van der Waals surface area contributed by atoms with Crippen molar-refractivity contribution >= 4 is 46.2 Å². The van der Waals surface area contributed by atoms with E-state index in [9.17, 15) is 33.1 Å². The predicted molar refractivity (Wildman–Crippen MR) is 161 cm³/mol. The van der Waals surface area contributed by atoms with Crippen LogP contribution < -0.4 is 25.4 Å². The van der Waals surface area contributed by atoms with Gasteiger partial charge in [0.15, 0.2) is 17.3 Å². The number of carbonyl (C=O) groups excluding carboxylic acids is 2. The number of halogens is 4. The quantitative estimate of drug-likeness (QED) is 0.287. The number of aromatic carboxylic acids is 1. The van der Waals surface area contributed by atoms with Crippen LogP contribution in [0, 0.1) is 23.3 Å². The summed E-state index contributed by atoms with van der Waals surface area (Å²) < 4.78 is 65.4. The summed E-state index contributed by atoms with van der Waals surface area (Å²) in [7, 11) is 0. The van der Waals surface area contributed by atoms with E-state index in [1.165, 1.54) is 24.0 Å². The molecule has 0 spiro atoms. The molecular formula is C31H26F4N6O6. The van der Waals surface area contributed by atoms with E-state index < -0.39 is 57.8 Å². The third-order valence-electron chi connectivity index (χ3n) is 7.93. The average molecular weight is 655 g/mol. The first-order chi connectivity index (χ1) is 22.4. The number of cyclic esters (lactones) is 1. The highest BCUT2D eigenvalue weighted by Gasteiger charge is 2.33. The van der Waals surface area contributed by atoms with Gasteiger partial charge in [0.1, 0.15) is 29.1 Å². The molecule has 4 aromatic rings. The Morgan fingerprint density at radius 2 is 1.62 bits per heavy atom. The molecule has 2 amide bonds. The molecule has 0 bridgehead atoms. The second-order valence-corrected chi connectivity index (χ2v) is 11.0. The van der Waals surface area contributed by atoms with Crippen LogP contribution in [0.4, 0.5) is 39.5 Å². The van der Waals surface area contributed by atoms with Gasteiger partial charge in [0, 0.05) is 45.4 Å². The number of hydrogen-bond acceptors (Lipinski definition) is 8. The van der Waals surface area contributed by atoms with E-state index in [-0.39, 0.29) is 73.7 Å². The maximum absolute atomic E-state index is 15.4. The number of nitrogens with one attached hydrogen (secondary N) is 1. The first kappa shape index (κ1) is 31.3. The van der Waals surface area contributed by atoms with Gasteiger partial charge in [0.2, 0.25) is 11.3 Å². The Hall–Kier alpha value is -5.67. The van der Waals surface area contributed by atoms with E-state index in [0.29, 0.717) is 6.07 Å². The molecule has 1 unspecified atom stereocenters. The Kier molecular flexibility index (Phi) is 8.17. The number of carbonyl (C=O) groups is 3. The highest BCUT2D eigenvalue weighted by molar-refractivity contribution is 5.93. The van der Waals surface area contributed by atoms with Crippen molar-refractivity contribution in [1.82, 2.24) is 14.9 Å². The molecule has 2 fully saturated rings. The molecule has 0 aliphatic carbocycles. The maximum atomic E-state index is 15.4. The number of piperazine rings is 1. The zero-order chi connectivity index (χ0) is 33.6. The van der Waals surface area contributed by atoms with Crippen molar-refractivity contribution in [3.63, 3.8) is 0 Å². The average Bonchev–Trinajstić information content (AvgIpc) is 3.41. The molecule has 4 heterocycles. The van der Waals surface area contributed by atoms with Gasteiger partial charge in [-0.05, 0) is 36.4 Å². The van der Waals surface area contributed by atoms with Crippen LogP contribution in [0.15, 0.2) is 53.5 Å². The standard InChI is InChI=1S/C31H26F4N6O6/c1-16(42)36-13-19-14-40(31(46)47-19)18-3-5-25(23(34)11-18)38-6-8-39(9-7-38)29-24(35)12-20-27(43)21(30(44)45)15-41(28(20)37-29)26-4-2-17(32)10-22(26)33/h2-5,10-12,15,19H,6-9,13-14H2,1H3,(H,36,42)(H,44,45). The summed E-state index contributed by atoms with van der Waals surface area (Å²) in [4.78, 5) is 57.0. The van der Waals surface area contributed by atoms with Gasteiger partial charge in [-0.2, -0.15) is 0 Å². The Bertz CT molecular complexity index is 2000. The van der Waals surface area contributed by atoms with Crippen LogP contribution in [-0.2, 0) is 9.53 Å². The molecule has 2 aromatic carbocycles. The highest BCUT2D eigenvalue weighted by Crippen LogP contribution is 2.30. The Morgan fingerprint density at radius 1 is 0.936 bits per heavy atom. The van der Waals surface area contributed by atoms with Crippen LogP contribution in [0.2, 0.25) is 0 Å². The lowest BCUT2D eigenvalue weighted by atomic mass is 10.1. The van der Waals surface area contributed by atoms with Crippen molar-refractivity contribution in [3.8, 4) is 5.69 Å². The molecule has 47 heavy (non-hydrogen) atoms. The third-order valence-corrected chi connectivity index (χ3v) is 7.93. The monoisotopic (exact) mass is 654 g/mol. The summed E-state index contributed by atoms with van der Waals surface area (Å²) in [6, 6.07) is 7.68. The smallest absolute Gasteiger partial charge is 0.414 e. The molecule has 6 rings (SSSR count). The van der Waals surface area contributed by atoms with Gasteiger partial charge in [0.05, 0.1) is 35.5 Å². The van der Waals surface area contributed by atoms with Gasteiger partial charge in [-0.25, -0.2) is 32.1 Å². The number of pyridine rings is 2. The largest absolute Gasteiger partial charge is 0.477 e. The zero-order valence-corrected chi connectivity index (χ0v) is 24.7. The van der Waals surface area contributed by atoms with Crippen molar-refractivity contribution < 1.29 is 41.8 Å². The van der Waals surface area contributed by atoms with Crippen LogP contribution in [0.5, 0.6) is 0 Å². The lowest BCUT2D eigenvalue weighted by Crippen LogP contribution is -2.47. The minimum Gasteiger partial charge on any atom is -0.477 e. The molecule has 2 aliphatic heterocycles. The molecule has 0 saturated carbocycles. The summed E-state index contributed by atoms with van der Waals surface area (Å²) in [5.74, 6) is -5.58. The Labute approximate surface area is 263 Å². The molecule has 0 radical (unpaired) electrons. The van der Waals surface area contributed by atoms with Crippen LogP contribution in [0.25, 0.3) is 16.7 Å². The zero-order valence-electron chi connectivity index (χ0n) is 24.7. The predicted octanol–water partition coefficient (Wildman–Crippen LogP) is 3.43. The van der Waals surface area contributed by atoms with Crippen LogP contribution in [0.3, 0.4) is 0 Å². The van der Waals surface area contributed by atoms with E-state index >= 15 is 8.78 Å². The third kappa shape index (κ3) is 6.01. The van der Waals surface area contributed by atoms with Gasteiger partial charge in [-0.3, -0.25) is 19.1 Å². The van der Waals surface area contributed by atoms with Crippen molar-refractivity contribution in [1.29, 1.82) is 0 Å². The van der Waals surface area contributed by atoms with Crippen LogP contribution >= 0.6 is 0 Å². The molecule has 2 aromatic heterocycles. The summed E-state index contributed by atoms with van der Waals surface area (Å²) in [6.07, 6.45) is -0.402. The lowest BCUT2D eigenvalue weighted by molar-refractivity contribution is -0.119. The van der Waals surface area contributed by atoms with Crippen molar-refractivity contribution in [2.45, 2.75) is 13.0 Å². The number of benzene rings is 2. The number of fused-ring (bicyclic) bond motifs is 1. The van der Waals surface area contributed by atoms with Gasteiger partial charge in [0.25, 0.3) is 0 Å². The molecule has 2 saturated heterocycles. The molecule has 2 aliphatic rings. The number of amides is 2. The summed E-state index contributed by atoms with van der Waals surface area (Å²) in [6.45, 7) is 2.34. The fourth-order valence-electron chi connectivity index (χ4n) is 5.62. The first-order valence-corrected chi connectivity index (χ1v) is 14.4. The van der Waals surface area contributed by atoms with Crippen molar-refractivity contribution in [3.05, 3.63) is 87.7 Å². The van der Waals surface area contributed by atoms with Gasteiger partial charge < -0.3 is 25.0 Å². The number of ether oxygens (including phenoxy) is 1. The van der Waals surface area contributed by atoms with Gasteiger partial charge in [-0.15, -0.1) is 0 Å². The minimum absolute atomic E-state index is 0.125. The van der Waals surface area contributed by atoms with Crippen molar-refractivity contribution in [2.75, 3.05) is 54.0 Å². The second kappa shape index (κ2) is 12.3. The molecule has 2 N–H and O–H groups in total. The molecule has 12 nitrogen and oxygen atoms in total. The number of nitrogens with zero attached hydrogens (tertiary/aromatic N) is 5.